The number of fused-ring (bicyclic) bond motifs is 1. The van der Waals surface area contributed by atoms with E-state index in [0.717, 1.165) is 37.3 Å². The number of hydrogen-bond acceptors (Lipinski definition) is 5. The van der Waals surface area contributed by atoms with Crippen molar-refractivity contribution in [3.05, 3.63) is 52.8 Å². The summed E-state index contributed by atoms with van der Waals surface area (Å²) in [7, 11) is 1.68. The predicted molar refractivity (Wildman–Crippen MR) is 152 cm³/mol. The maximum absolute atomic E-state index is 13.0. The first-order chi connectivity index (χ1) is 18.3. The van der Waals surface area contributed by atoms with E-state index in [2.05, 4.69) is 72.9 Å². The van der Waals surface area contributed by atoms with Crippen molar-refractivity contribution < 1.29 is 14.6 Å². The second-order valence-corrected chi connectivity index (χ2v) is 11.5. The minimum Gasteiger partial charge on any atom is -0.394 e. The maximum atomic E-state index is 13.0. The van der Waals surface area contributed by atoms with Gasteiger partial charge < -0.3 is 19.7 Å². The number of aliphatic hydroxyl groups is 1. The van der Waals surface area contributed by atoms with Crippen LogP contribution in [0.2, 0.25) is 0 Å². The van der Waals surface area contributed by atoms with Crippen LogP contribution in [0.4, 0.5) is 0 Å². The van der Waals surface area contributed by atoms with Crippen LogP contribution in [0.1, 0.15) is 67.5 Å². The number of pyridine rings is 1. The van der Waals surface area contributed by atoms with Gasteiger partial charge in [-0.25, -0.2) is 0 Å². The predicted octanol–water partition coefficient (Wildman–Crippen LogP) is 4.76. The van der Waals surface area contributed by atoms with Gasteiger partial charge in [0.2, 0.25) is 5.91 Å². The van der Waals surface area contributed by atoms with Crippen LogP contribution in [-0.4, -0.2) is 82.8 Å². The second-order valence-electron chi connectivity index (χ2n) is 11.5. The van der Waals surface area contributed by atoms with Gasteiger partial charge in [0.25, 0.3) is 0 Å². The Morgan fingerprint density at radius 2 is 1.87 bits per heavy atom. The third-order valence-electron chi connectivity index (χ3n) is 8.47. The SMILES string of the molecule is CO[C@@H]1C[C@H](CO)N(C(=O)CN2CCC(c3ccc4[nH]c(-c5cc(C)nc(C)c5)c(C(C)C)c4c3)CC2)C1. The van der Waals surface area contributed by atoms with Crippen LogP contribution < -0.4 is 0 Å². The van der Waals surface area contributed by atoms with Gasteiger partial charge in [0, 0.05) is 41.5 Å². The highest BCUT2D eigenvalue weighted by atomic mass is 16.5. The molecule has 38 heavy (non-hydrogen) atoms. The zero-order valence-electron chi connectivity index (χ0n) is 23.5. The Balaban J connectivity index is 1.30. The molecule has 3 aromatic rings. The average molecular weight is 519 g/mol. The first-order valence-corrected chi connectivity index (χ1v) is 14.0. The monoisotopic (exact) mass is 518 g/mol. The van der Waals surface area contributed by atoms with Gasteiger partial charge in [-0.2, -0.15) is 0 Å². The number of likely N-dealkylation sites (tertiary alicyclic amines) is 2. The number of methoxy groups -OCH3 is 1. The largest absolute Gasteiger partial charge is 0.394 e. The van der Waals surface area contributed by atoms with E-state index in [4.69, 9.17) is 4.74 Å². The number of carbonyl (C=O) groups is 1. The average Bonchev–Trinajstić information content (AvgIpc) is 3.50. The Kier molecular flexibility index (Phi) is 7.89. The standard InChI is InChI=1S/C31H42N4O3/c1-19(2)30-27-14-23(6-7-28(27)33-31(30)24-12-20(3)32-21(4)13-24)22-8-10-34(11-9-22)17-29(37)35-16-26(38-5)15-25(35)18-36/h6-7,12-14,19,22,25-26,33,36H,8-11,15-18H2,1-5H3/t25-,26-/m1/s1. The van der Waals surface area contributed by atoms with Gasteiger partial charge in [-0.3, -0.25) is 14.7 Å². The van der Waals surface area contributed by atoms with E-state index in [1.54, 1.807) is 7.11 Å². The molecule has 0 radical (unpaired) electrons. The molecule has 4 heterocycles. The number of H-pyrrole nitrogens is 1. The highest BCUT2D eigenvalue weighted by Gasteiger charge is 2.35. The van der Waals surface area contributed by atoms with Crippen LogP contribution in [0, 0.1) is 13.8 Å². The number of benzene rings is 1. The summed E-state index contributed by atoms with van der Waals surface area (Å²) in [5.74, 6) is 0.984. The minimum absolute atomic E-state index is 0.00421. The van der Waals surface area contributed by atoms with Crippen molar-refractivity contribution >= 4 is 16.8 Å². The van der Waals surface area contributed by atoms with Gasteiger partial charge in [-0.15, -0.1) is 0 Å². The zero-order chi connectivity index (χ0) is 27.0. The third kappa shape index (κ3) is 5.37. The summed E-state index contributed by atoms with van der Waals surface area (Å²) in [6.45, 7) is 11.5. The number of nitrogens with zero attached hydrogens (tertiary/aromatic N) is 3. The van der Waals surface area contributed by atoms with Crippen LogP contribution in [0.5, 0.6) is 0 Å². The van der Waals surface area contributed by atoms with Crippen LogP contribution in [0.3, 0.4) is 0 Å². The van der Waals surface area contributed by atoms with Crippen molar-refractivity contribution in [1.29, 1.82) is 0 Å². The smallest absolute Gasteiger partial charge is 0.237 e. The van der Waals surface area contributed by atoms with E-state index in [1.807, 2.05) is 4.90 Å². The molecule has 0 unspecified atom stereocenters. The highest BCUT2D eigenvalue weighted by molar-refractivity contribution is 5.92. The summed E-state index contributed by atoms with van der Waals surface area (Å²) in [5.41, 5.74) is 8.42. The Bertz CT molecular complexity index is 1270. The molecular formula is C31H42N4O3. The van der Waals surface area contributed by atoms with Gasteiger partial charge >= 0.3 is 0 Å². The van der Waals surface area contributed by atoms with Gasteiger partial charge in [0.05, 0.1) is 31.0 Å². The van der Waals surface area contributed by atoms with Crippen molar-refractivity contribution in [1.82, 2.24) is 19.8 Å². The summed E-state index contributed by atoms with van der Waals surface area (Å²) in [5, 5.41) is 11.0. The molecule has 1 amide bonds. The molecule has 0 bridgehead atoms. The highest BCUT2D eigenvalue weighted by Crippen LogP contribution is 2.38. The summed E-state index contributed by atoms with van der Waals surface area (Å²) in [4.78, 5) is 25.4. The lowest BCUT2D eigenvalue weighted by Gasteiger charge is -2.33. The minimum atomic E-state index is -0.127. The zero-order valence-corrected chi connectivity index (χ0v) is 23.5. The normalized spacial score (nSPS) is 21.2. The lowest BCUT2D eigenvalue weighted by Crippen LogP contribution is -2.46. The number of aryl methyl sites for hydroxylation is 2. The number of nitrogens with one attached hydrogen (secondary N) is 1. The fourth-order valence-electron chi connectivity index (χ4n) is 6.52. The number of carbonyl (C=O) groups excluding carboxylic acids is 1. The van der Waals surface area contributed by atoms with Crippen molar-refractivity contribution in [3.63, 3.8) is 0 Å². The molecule has 0 saturated carbocycles. The number of rotatable bonds is 7. The third-order valence-corrected chi connectivity index (χ3v) is 8.47. The molecule has 0 spiro atoms. The Labute approximate surface area is 226 Å². The summed E-state index contributed by atoms with van der Waals surface area (Å²) in [6.07, 6.45) is 2.82. The van der Waals surface area contributed by atoms with Gasteiger partial charge in [0.15, 0.2) is 0 Å². The van der Waals surface area contributed by atoms with Crippen molar-refractivity contribution in [2.24, 2.45) is 0 Å². The van der Waals surface area contributed by atoms with E-state index in [1.165, 1.54) is 33.3 Å². The molecular weight excluding hydrogens is 476 g/mol. The quantitative estimate of drug-likeness (QED) is 0.471. The topological polar surface area (TPSA) is 81.7 Å². The summed E-state index contributed by atoms with van der Waals surface area (Å²) in [6, 6.07) is 11.1. The van der Waals surface area contributed by atoms with Crippen LogP contribution in [-0.2, 0) is 9.53 Å². The van der Waals surface area contributed by atoms with Crippen LogP contribution in [0.15, 0.2) is 30.3 Å². The summed E-state index contributed by atoms with van der Waals surface area (Å²) < 4.78 is 5.44. The molecule has 1 aromatic carbocycles. The Morgan fingerprint density at radius 3 is 2.50 bits per heavy atom. The number of piperidine rings is 1. The molecule has 2 fully saturated rings. The van der Waals surface area contributed by atoms with Gasteiger partial charge in [-0.05, 0) is 93.4 Å². The fourth-order valence-corrected chi connectivity index (χ4v) is 6.52. The van der Waals surface area contributed by atoms with Gasteiger partial charge in [-0.1, -0.05) is 19.9 Å². The second kappa shape index (κ2) is 11.2. The van der Waals surface area contributed by atoms with E-state index in [9.17, 15) is 9.90 Å². The van der Waals surface area contributed by atoms with E-state index < -0.39 is 0 Å². The number of aliphatic hydroxyl groups excluding tert-OH is 1. The lowest BCUT2D eigenvalue weighted by atomic mass is 9.87. The van der Waals surface area contributed by atoms with E-state index in [0.29, 0.717) is 31.3 Å². The Hall–Kier alpha value is -2.74. The van der Waals surface area contributed by atoms with E-state index in [-0.39, 0.29) is 24.7 Å². The van der Waals surface area contributed by atoms with Crippen LogP contribution in [0.25, 0.3) is 22.2 Å². The molecule has 2 aromatic heterocycles. The molecule has 204 valence electrons. The first kappa shape index (κ1) is 26.9. The Morgan fingerprint density at radius 1 is 1.16 bits per heavy atom. The molecule has 7 heteroatoms. The van der Waals surface area contributed by atoms with Crippen molar-refractivity contribution in [2.75, 3.05) is 39.9 Å². The molecule has 5 rings (SSSR count). The number of hydrogen-bond donors (Lipinski definition) is 2. The number of aromatic nitrogens is 2. The van der Waals surface area contributed by atoms with Gasteiger partial charge in [0.1, 0.15) is 0 Å². The maximum Gasteiger partial charge on any atom is 0.237 e. The molecule has 2 N–H and O–H groups in total. The van der Waals surface area contributed by atoms with E-state index >= 15 is 0 Å². The molecule has 0 aliphatic carbocycles. The molecule has 2 saturated heterocycles. The number of aromatic amines is 1. The first-order valence-electron chi connectivity index (χ1n) is 14.0. The summed E-state index contributed by atoms with van der Waals surface area (Å²) >= 11 is 0. The number of ether oxygens (including phenoxy) is 1. The van der Waals surface area contributed by atoms with Crippen molar-refractivity contribution in [2.45, 2.75) is 70.9 Å². The molecule has 7 nitrogen and oxygen atoms in total. The van der Waals surface area contributed by atoms with Crippen molar-refractivity contribution in [3.8, 4) is 11.3 Å². The molecule has 2 aliphatic rings. The molecule has 2 aliphatic heterocycles. The molecule has 2 atom stereocenters. The number of amides is 1. The van der Waals surface area contributed by atoms with Crippen LogP contribution >= 0.6 is 0 Å². The fraction of sp³-hybridized carbons (Fsp3) is 0.548. The lowest BCUT2D eigenvalue weighted by molar-refractivity contribution is -0.134.